The molecule has 0 amide bonds. The molecule has 0 aromatic carbocycles. The molecule has 2 fully saturated rings. The summed E-state index contributed by atoms with van der Waals surface area (Å²) in [5, 5.41) is 9.60. The van der Waals surface area contributed by atoms with Crippen molar-refractivity contribution < 1.29 is 9.84 Å². The van der Waals surface area contributed by atoms with Crippen molar-refractivity contribution in [3.8, 4) is 0 Å². The van der Waals surface area contributed by atoms with Crippen LogP contribution in [0.15, 0.2) is 0 Å². The SMILES string of the molecule is CC1CCCN1C1COCC1O. The van der Waals surface area contributed by atoms with Gasteiger partial charge in [-0.15, -0.1) is 0 Å². The summed E-state index contributed by atoms with van der Waals surface area (Å²) >= 11 is 0. The average molecular weight is 171 g/mol. The molecule has 0 bridgehead atoms. The van der Waals surface area contributed by atoms with E-state index in [4.69, 9.17) is 4.74 Å². The average Bonchev–Trinajstić information content (AvgIpc) is 2.59. The highest BCUT2D eigenvalue weighted by Gasteiger charge is 2.35. The number of hydrogen-bond acceptors (Lipinski definition) is 3. The summed E-state index contributed by atoms with van der Waals surface area (Å²) in [6.07, 6.45) is 2.28. The zero-order valence-corrected chi connectivity index (χ0v) is 7.57. The predicted octanol–water partition coefficient (Wildman–Crippen LogP) is 0.230. The van der Waals surface area contributed by atoms with Crippen LogP contribution in [0.4, 0.5) is 0 Å². The van der Waals surface area contributed by atoms with Crippen molar-refractivity contribution in [2.24, 2.45) is 0 Å². The van der Waals surface area contributed by atoms with E-state index in [-0.39, 0.29) is 12.1 Å². The first kappa shape index (κ1) is 8.48. The molecular formula is C9H17NO2. The Morgan fingerprint density at radius 3 is 2.75 bits per heavy atom. The summed E-state index contributed by atoms with van der Waals surface area (Å²) in [5.74, 6) is 0. The van der Waals surface area contributed by atoms with E-state index in [1.54, 1.807) is 0 Å². The Labute approximate surface area is 73.3 Å². The summed E-state index contributed by atoms with van der Waals surface area (Å²) < 4.78 is 5.24. The van der Waals surface area contributed by atoms with Gasteiger partial charge in [0, 0.05) is 6.04 Å². The Bertz CT molecular complexity index is 145. The molecule has 0 aromatic rings. The first-order valence-corrected chi connectivity index (χ1v) is 4.80. The zero-order chi connectivity index (χ0) is 8.55. The van der Waals surface area contributed by atoms with E-state index in [1.165, 1.54) is 12.8 Å². The van der Waals surface area contributed by atoms with E-state index in [1.807, 2.05) is 0 Å². The van der Waals surface area contributed by atoms with Crippen LogP contribution < -0.4 is 0 Å². The van der Waals surface area contributed by atoms with Gasteiger partial charge in [-0.3, -0.25) is 4.90 Å². The molecule has 0 aliphatic carbocycles. The molecule has 2 rings (SSSR count). The van der Waals surface area contributed by atoms with E-state index in [9.17, 15) is 5.11 Å². The van der Waals surface area contributed by atoms with Gasteiger partial charge in [0.05, 0.1) is 25.4 Å². The van der Waals surface area contributed by atoms with Crippen molar-refractivity contribution in [3.63, 3.8) is 0 Å². The van der Waals surface area contributed by atoms with Crippen LogP contribution >= 0.6 is 0 Å². The molecule has 0 saturated carbocycles. The standard InChI is InChI=1S/C9H17NO2/c1-7-3-2-4-10(7)8-5-12-6-9(8)11/h7-9,11H,2-6H2,1H3. The zero-order valence-electron chi connectivity index (χ0n) is 7.57. The van der Waals surface area contributed by atoms with Gasteiger partial charge < -0.3 is 9.84 Å². The van der Waals surface area contributed by atoms with Crippen LogP contribution in [0.5, 0.6) is 0 Å². The molecule has 3 atom stereocenters. The van der Waals surface area contributed by atoms with Crippen molar-refractivity contribution in [2.45, 2.75) is 38.0 Å². The second kappa shape index (κ2) is 3.32. The molecule has 3 nitrogen and oxygen atoms in total. The van der Waals surface area contributed by atoms with Gasteiger partial charge in [-0.1, -0.05) is 0 Å². The minimum atomic E-state index is -0.259. The minimum Gasteiger partial charge on any atom is -0.389 e. The van der Waals surface area contributed by atoms with Crippen LogP contribution in [0.25, 0.3) is 0 Å². The largest absolute Gasteiger partial charge is 0.389 e. The Morgan fingerprint density at radius 2 is 2.25 bits per heavy atom. The summed E-state index contributed by atoms with van der Waals surface area (Å²) in [6, 6.07) is 0.897. The lowest BCUT2D eigenvalue weighted by atomic mass is 10.1. The Balaban J connectivity index is 1.98. The highest BCUT2D eigenvalue weighted by Crippen LogP contribution is 2.23. The molecule has 3 heteroatoms. The summed E-state index contributed by atoms with van der Waals surface area (Å²) in [5.41, 5.74) is 0. The molecule has 2 saturated heterocycles. The second-order valence-corrected chi connectivity index (χ2v) is 3.90. The normalized spacial score (nSPS) is 44.0. The molecule has 2 aliphatic rings. The third kappa shape index (κ3) is 1.37. The van der Waals surface area contributed by atoms with Crippen LogP contribution in [0.1, 0.15) is 19.8 Å². The van der Waals surface area contributed by atoms with E-state index < -0.39 is 0 Å². The Kier molecular flexibility index (Phi) is 2.35. The maximum absolute atomic E-state index is 9.60. The number of nitrogens with zero attached hydrogens (tertiary/aromatic N) is 1. The van der Waals surface area contributed by atoms with Gasteiger partial charge >= 0.3 is 0 Å². The molecule has 1 N–H and O–H groups in total. The number of likely N-dealkylation sites (tertiary alicyclic amines) is 1. The monoisotopic (exact) mass is 171 g/mol. The molecule has 0 aromatic heterocycles. The molecule has 2 heterocycles. The van der Waals surface area contributed by atoms with Crippen molar-refractivity contribution in [1.29, 1.82) is 0 Å². The second-order valence-electron chi connectivity index (χ2n) is 3.90. The van der Waals surface area contributed by atoms with E-state index in [0.717, 1.165) is 6.54 Å². The predicted molar refractivity (Wildman–Crippen MR) is 46.0 cm³/mol. The van der Waals surface area contributed by atoms with Gasteiger partial charge in [0.1, 0.15) is 0 Å². The molecule has 0 spiro atoms. The molecule has 2 aliphatic heterocycles. The summed E-state index contributed by atoms with van der Waals surface area (Å²) in [6.45, 7) is 4.60. The minimum absolute atomic E-state index is 0.259. The number of hydrogen-bond donors (Lipinski definition) is 1. The fraction of sp³-hybridized carbons (Fsp3) is 1.00. The van der Waals surface area contributed by atoms with Crippen LogP contribution in [-0.2, 0) is 4.74 Å². The maximum atomic E-state index is 9.60. The Morgan fingerprint density at radius 1 is 1.42 bits per heavy atom. The lowest BCUT2D eigenvalue weighted by Crippen LogP contribution is -2.44. The molecule has 70 valence electrons. The highest BCUT2D eigenvalue weighted by atomic mass is 16.5. The van der Waals surface area contributed by atoms with Crippen molar-refractivity contribution in [1.82, 2.24) is 4.90 Å². The van der Waals surface area contributed by atoms with Gasteiger partial charge in [-0.25, -0.2) is 0 Å². The fourth-order valence-corrected chi connectivity index (χ4v) is 2.30. The Hall–Kier alpha value is -0.120. The first-order chi connectivity index (χ1) is 5.79. The topological polar surface area (TPSA) is 32.7 Å². The molecule has 3 unspecified atom stereocenters. The molecular weight excluding hydrogens is 154 g/mol. The van der Waals surface area contributed by atoms with Crippen molar-refractivity contribution in [2.75, 3.05) is 19.8 Å². The molecule has 12 heavy (non-hydrogen) atoms. The van der Waals surface area contributed by atoms with E-state index in [2.05, 4.69) is 11.8 Å². The number of ether oxygens (including phenoxy) is 1. The van der Waals surface area contributed by atoms with E-state index in [0.29, 0.717) is 19.3 Å². The smallest absolute Gasteiger partial charge is 0.0950 e. The first-order valence-electron chi connectivity index (χ1n) is 4.80. The fourth-order valence-electron chi connectivity index (χ4n) is 2.30. The van der Waals surface area contributed by atoms with Gasteiger partial charge in [-0.2, -0.15) is 0 Å². The third-order valence-electron chi connectivity index (χ3n) is 3.05. The number of aliphatic hydroxyl groups excluding tert-OH is 1. The lowest BCUT2D eigenvalue weighted by Gasteiger charge is -2.28. The van der Waals surface area contributed by atoms with Crippen LogP contribution in [-0.4, -0.2) is 48.0 Å². The maximum Gasteiger partial charge on any atom is 0.0950 e. The van der Waals surface area contributed by atoms with Gasteiger partial charge in [0.25, 0.3) is 0 Å². The summed E-state index contributed by atoms with van der Waals surface area (Å²) in [7, 11) is 0. The van der Waals surface area contributed by atoms with Gasteiger partial charge in [0.2, 0.25) is 0 Å². The third-order valence-corrected chi connectivity index (χ3v) is 3.05. The van der Waals surface area contributed by atoms with Crippen molar-refractivity contribution >= 4 is 0 Å². The lowest BCUT2D eigenvalue weighted by molar-refractivity contribution is 0.0785. The number of rotatable bonds is 1. The van der Waals surface area contributed by atoms with Crippen molar-refractivity contribution in [3.05, 3.63) is 0 Å². The summed E-state index contributed by atoms with van der Waals surface area (Å²) in [4.78, 5) is 2.39. The van der Waals surface area contributed by atoms with E-state index >= 15 is 0 Å². The van der Waals surface area contributed by atoms with Crippen LogP contribution in [0, 0.1) is 0 Å². The van der Waals surface area contributed by atoms with Gasteiger partial charge in [-0.05, 0) is 26.3 Å². The van der Waals surface area contributed by atoms with Crippen LogP contribution in [0.3, 0.4) is 0 Å². The quantitative estimate of drug-likeness (QED) is 0.613. The van der Waals surface area contributed by atoms with Gasteiger partial charge in [0.15, 0.2) is 0 Å². The molecule has 0 radical (unpaired) electrons. The number of aliphatic hydroxyl groups is 1. The van der Waals surface area contributed by atoms with Crippen LogP contribution in [0.2, 0.25) is 0 Å². The highest BCUT2D eigenvalue weighted by molar-refractivity contribution is 4.89.